The van der Waals surface area contributed by atoms with Crippen LogP contribution >= 0.6 is 24.0 Å². The Morgan fingerprint density at radius 1 is 1.24 bits per heavy atom. The van der Waals surface area contributed by atoms with Crippen molar-refractivity contribution < 1.29 is 0 Å². The highest BCUT2D eigenvalue weighted by Gasteiger charge is 2.18. The SMILES string of the molecule is CSc1ccc(C(=S)N2CCC(C)CC2)cc1. The summed E-state index contributed by atoms with van der Waals surface area (Å²) < 4.78 is 0. The van der Waals surface area contributed by atoms with Gasteiger partial charge in [0.2, 0.25) is 0 Å². The molecule has 0 spiro atoms. The molecule has 1 aromatic rings. The molecule has 0 radical (unpaired) electrons. The van der Waals surface area contributed by atoms with Crippen LogP contribution in [0.3, 0.4) is 0 Å². The maximum Gasteiger partial charge on any atom is 0.109 e. The predicted molar refractivity (Wildman–Crippen MR) is 79.9 cm³/mol. The molecule has 0 N–H and O–H groups in total. The number of piperidine rings is 1. The number of hydrogen-bond acceptors (Lipinski definition) is 2. The fourth-order valence-electron chi connectivity index (χ4n) is 2.13. The van der Waals surface area contributed by atoms with Gasteiger partial charge in [0.05, 0.1) is 0 Å². The van der Waals surface area contributed by atoms with Crippen molar-refractivity contribution in [2.24, 2.45) is 5.92 Å². The van der Waals surface area contributed by atoms with Crippen LogP contribution in [0.1, 0.15) is 25.3 Å². The average Bonchev–Trinajstić information content (AvgIpc) is 2.39. The Labute approximate surface area is 114 Å². The van der Waals surface area contributed by atoms with Crippen LogP contribution in [0.5, 0.6) is 0 Å². The van der Waals surface area contributed by atoms with E-state index in [0.717, 1.165) is 24.0 Å². The molecule has 2 rings (SSSR count). The van der Waals surface area contributed by atoms with Crippen molar-refractivity contribution in [3.63, 3.8) is 0 Å². The number of rotatable bonds is 2. The van der Waals surface area contributed by atoms with E-state index in [4.69, 9.17) is 12.2 Å². The smallest absolute Gasteiger partial charge is 0.109 e. The first-order valence-corrected chi connectivity index (χ1v) is 7.77. The van der Waals surface area contributed by atoms with Crippen LogP contribution < -0.4 is 0 Å². The molecular weight excluding hydrogens is 246 g/mol. The van der Waals surface area contributed by atoms with Gasteiger partial charge in [0, 0.05) is 23.5 Å². The second kappa shape index (κ2) is 5.87. The Hall–Kier alpha value is -0.540. The van der Waals surface area contributed by atoms with Crippen LogP contribution in [-0.4, -0.2) is 29.2 Å². The highest BCUT2D eigenvalue weighted by Crippen LogP contribution is 2.20. The standard InChI is InChI=1S/C14H19NS2/c1-11-7-9-15(10-8-11)14(16)12-3-5-13(17-2)6-4-12/h3-6,11H,7-10H2,1-2H3. The average molecular weight is 265 g/mol. The zero-order valence-electron chi connectivity index (χ0n) is 10.5. The summed E-state index contributed by atoms with van der Waals surface area (Å²) in [6.45, 7) is 4.56. The van der Waals surface area contributed by atoms with Crippen LogP contribution in [0.4, 0.5) is 0 Å². The van der Waals surface area contributed by atoms with Gasteiger partial charge in [-0.1, -0.05) is 31.3 Å². The van der Waals surface area contributed by atoms with Crippen molar-refractivity contribution in [3.05, 3.63) is 29.8 Å². The Morgan fingerprint density at radius 3 is 2.35 bits per heavy atom. The van der Waals surface area contributed by atoms with Gasteiger partial charge in [0.25, 0.3) is 0 Å². The summed E-state index contributed by atoms with van der Waals surface area (Å²) in [6, 6.07) is 8.59. The van der Waals surface area contributed by atoms with E-state index >= 15 is 0 Å². The molecule has 0 aliphatic carbocycles. The molecule has 0 atom stereocenters. The molecule has 1 aliphatic heterocycles. The van der Waals surface area contributed by atoms with Gasteiger partial charge < -0.3 is 4.90 Å². The normalized spacial score (nSPS) is 17.2. The molecule has 1 aromatic carbocycles. The van der Waals surface area contributed by atoms with Gasteiger partial charge in [-0.3, -0.25) is 0 Å². The lowest BCUT2D eigenvalue weighted by Gasteiger charge is -2.32. The number of likely N-dealkylation sites (tertiary alicyclic amines) is 1. The van der Waals surface area contributed by atoms with E-state index in [-0.39, 0.29) is 0 Å². The minimum atomic E-state index is 0.855. The van der Waals surface area contributed by atoms with Crippen molar-refractivity contribution >= 4 is 29.0 Å². The van der Waals surface area contributed by atoms with Crippen molar-refractivity contribution in [2.45, 2.75) is 24.7 Å². The number of nitrogens with zero attached hydrogens (tertiary/aromatic N) is 1. The summed E-state index contributed by atoms with van der Waals surface area (Å²) in [5, 5.41) is 0. The molecule has 0 aromatic heterocycles. The first-order chi connectivity index (χ1) is 8.20. The minimum absolute atomic E-state index is 0.855. The quantitative estimate of drug-likeness (QED) is 0.591. The van der Waals surface area contributed by atoms with Crippen molar-refractivity contribution in [3.8, 4) is 0 Å². The number of thiocarbonyl (C=S) groups is 1. The van der Waals surface area contributed by atoms with Gasteiger partial charge in [0.1, 0.15) is 4.99 Å². The Kier molecular flexibility index (Phi) is 4.46. The molecule has 0 unspecified atom stereocenters. The van der Waals surface area contributed by atoms with E-state index in [9.17, 15) is 0 Å². The van der Waals surface area contributed by atoms with Crippen molar-refractivity contribution in [2.75, 3.05) is 19.3 Å². The van der Waals surface area contributed by atoms with Gasteiger partial charge in [0.15, 0.2) is 0 Å². The molecule has 1 heterocycles. The summed E-state index contributed by atoms with van der Waals surface area (Å²) in [4.78, 5) is 4.66. The Bertz CT molecular complexity index is 378. The third-order valence-corrected chi connectivity index (χ3v) is 4.65. The monoisotopic (exact) mass is 265 g/mol. The second-order valence-corrected chi connectivity index (χ2v) is 5.97. The molecule has 1 saturated heterocycles. The lowest BCUT2D eigenvalue weighted by atomic mass is 9.99. The fourth-order valence-corrected chi connectivity index (χ4v) is 2.85. The molecule has 17 heavy (non-hydrogen) atoms. The van der Waals surface area contributed by atoms with Gasteiger partial charge >= 0.3 is 0 Å². The molecule has 92 valence electrons. The number of thioether (sulfide) groups is 1. The van der Waals surface area contributed by atoms with E-state index in [1.54, 1.807) is 11.8 Å². The lowest BCUT2D eigenvalue weighted by molar-refractivity contribution is 0.284. The minimum Gasteiger partial charge on any atom is -0.362 e. The van der Waals surface area contributed by atoms with Crippen molar-refractivity contribution in [1.82, 2.24) is 4.90 Å². The zero-order chi connectivity index (χ0) is 12.3. The number of benzene rings is 1. The topological polar surface area (TPSA) is 3.24 Å². The maximum absolute atomic E-state index is 5.58. The van der Waals surface area contributed by atoms with E-state index in [2.05, 4.69) is 42.3 Å². The third-order valence-electron chi connectivity index (χ3n) is 3.41. The van der Waals surface area contributed by atoms with Gasteiger partial charge in [-0.25, -0.2) is 0 Å². The first-order valence-electron chi connectivity index (χ1n) is 6.14. The predicted octanol–water partition coefficient (Wildman–Crippen LogP) is 3.82. The van der Waals surface area contributed by atoms with E-state index in [0.29, 0.717) is 0 Å². The highest BCUT2D eigenvalue weighted by molar-refractivity contribution is 7.98. The van der Waals surface area contributed by atoms with Gasteiger partial charge in [-0.2, -0.15) is 0 Å². The molecule has 0 bridgehead atoms. The summed E-state index contributed by atoms with van der Waals surface area (Å²) in [6.07, 6.45) is 4.63. The summed E-state index contributed by atoms with van der Waals surface area (Å²) in [5.74, 6) is 0.855. The molecule has 1 nitrogen and oxygen atoms in total. The molecular formula is C14H19NS2. The van der Waals surface area contributed by atoms with E-state index in [1.807, 2.05) is 0 Å². The van der Waals surface area contributed by atoms with Crippen molar-refractivity contribution in [1.29, 1.82) is 0 Å². The van der Waals surface area contributed by atoms with Gasteiger partial charge in [-0.05, 0) is 37.1 Å². The first kappa shape index (κ1) is 12.9. The zero-order valence-corrected chi connectivity index (χ0v) is 12.1. The second-order valence-electron chi connectivity index (χ2n) is 4.70. The molecule has 0 amide bonds. The van der Waals surface area contributed by atoms with E-state index in [1.165, 1.54) is 23.3 Å². The van der Waals surface area contributed by atoms with Gasteiger partial charge in [-0.15, -0.1) is 11.8 Å². The number of hydrogen-bond donors (Lipinski definition) is 0. The van der Waals surface area contributed by atoms with Crippen LogP contribution in [-0.2, 0) is 0 Å². The molecule has 0 saturated carbocycles. The largest absolute Gasteiger partial charge is 0.362 e. The van der Waals surface area contributed by atoms with Crippen LogP contribution in [0.15, 0.2) is 29.2 Å². The van der Waals surface area contributed by atoms with E-state index < -0.39 is 0 Å². The molecule has 1 aliphatic rings. The molecule has 1 fully saturated rings. The molecule has 3 heteroatoms. The summed E-state index contributed by atoms with van der Waals surface area (Å²) in [5.41, 5.74) is 1.19. The Balaban J connectivity index is 2.03. The summed E-state index contributed by atoms with van der Waals surface area (Å²) in [7, 11) is 0. The van der Waals surface area contributed by atoms with Crippen LogP contribution in [0.25, 0.3) is 0 Å². The van der Waals surface area contributed by atoms with Crippen LogP contribution in [0, 0.1) is 5.92 Å². The lowest BCUT2D eigenvalue weighted by Crippen LogP contribution is -2.37. The fraction of sp³-hybridized carbons (Fsp3) is 0.500. The third kappa shape index (κ3) is 3.23. The van der Waals surface area contributed by atoms with Crippen LogP contribution in [0.2, 0.25) is 0 Å². The Morgan fingerprint density at radius 2 is 1.82 bits per heavy atom. The summed E-state index contributed by atoms with van der Waals surface area (Å²) >= 11 is 7.35. The maximum atomic E-state index is 5.58. The highest BCUT2D eigenvalue weighted by atomic mass is 32.2.